The highest BCUT2D eigenvalue weighted by Crippen LogP contribution is 2.24. The Hall–Kier alpha value is -4.14. The molecule has 0 heterocycles. The SMILES string of the molecule is C1CCC([NH2+]C2CCCCC2)CC1.C1CCC([NH2+]C2CCCCC2)CC1.O=C(O)c1cc2ccccc2cc1[O-].O=C(O)c1cc2ccccc2cc1[O-]. The Morgan fingerprint density at radius 1 is 0.426 bits per heavy atom. The number of quaternary nitrogens is 2. The lowest BCUT2D eigenvalue weighted by Crippen LogP contribution is -2.95. The number of carboxylic acids is 2. The topological polar surface area (TPSA) is 154 Å². The molecule has 4 saturated carbocycles. The molecule has 0 aromatic heterocycles. The van der Waals surface area contributed by atoms with Crippen LogP contribution in [0.15, 0.2) is 72.8 Å². The summed E-state index contributed by atoms with van der Waals surface area (Å²) in [5.74, 6) is -3.26. The molecule has 292 valence electrons. The van der Waals surface area contributed by atoms with Crippen molar-refractivity contribution < 1.29 is 40.6 Å². The first-order chi connectivity index (χ1) is 26.3. The van der Waals surface area contributed by atoms with E-state index in [1.165, 1.54) is 153 Å². The Kier molecular flexibility index (Phi) is 16.5. The number of nitrogens with two attached hydrogens (primary N) is 2. The second-order valence-electron chi connectivity index (χ2n) is 16.0. The van der Waals surface area contributed by atoms with Gasteiger partial charge in [-0.15, -0.1) is 0 Å². The van der Waals surface area contributed by atoms with E-state index in [-0.39, 0.29) is 11.1 Å². The molecule has 4 aromatic carbocycles. The molecule has 8 nitrogen and oxygen atoms in total. The van der Waals surface area contributed by atoms with Crippen molar-refractivity contribution in [3.8, 4) is 11.5 Å². The van der Waals surface area contributed by atoms with Crippen molar-refractivity contribution in [3.05, 3.63) is 83.9 Å². The number of fused-ring (bicyclic) bond motifs is 2. The van der Waals surface area contributed by atoms with Crippen LogP contribution < -0.4 is 20.8 Å². The lowest BCUT2D eigenvalue weighted by molar-refractivity contribution is -0.726. The fourth-order valence-electron chi connectivity index (χ4n) is 8.85. The molecule has 0 aliphatic heterocycles. The van der Waals surface area contributed by atoms with Crippen LogP contribution in [0.25, 0.3) is 21.5 Å². The Bertz CT molecular complexity index is 1590. The first-order valence-corrected chi connectivity index (χ1v) is 20.8. The molecule has 4 aliphatic carbocycles. The van der Waals surface area contributed by atoms with Gasteiger partial charge in [0.2, 0.25) is 0 Å². The van der Waals surface area contributed by atoms with Crippen LogP contribution in [0.2, 0.25) is 0 Å². The molecular formula is C46H62N2O6. The average Bonchev–Trinajstić information content (AvgIpc) is 3.19. The molecule has 4 aromatic rings. The Balaban J connectivity index is 0.000000139. The summed E-state index contributed by atoms with van der Waals surface area (Å²) in [6.07, 6.45) is 29.9. The zero-order chi connectivity index (χ0) is 38.1. The number of hydrogen-bond donors (Lipinski definition) is 4. The molecule has 8 rings (SSSR count). The van der Waals surface area contributed by atoms with Crippen LogP contribution in [0.3, 0.4) is 0 Å². The van der Waals surface area contributed by atoms with Gasteiger partial charge in [-0.05, 0) is 136 Å². The van der Waals surface area contributed by atoms with E-state index in [9.17, 15) is 19.8 Å². The second kappa shape index (κ2) is 21.7. The Morgan fingerprint density at radius 3 is 0.907 bits per heavy atom. The summed E-state index contributed by atoms with van der Waals surface area (Å²) in [7, 11) is 0. The third-order valence-corrected chi connectivity index (χ3v) is 11.8. The van der Waals surface area contributed by atoms with Gasteiger partial charge in [0.05, 0.1) is 35.3 Å². The van der Waals surface area contributed by atoms with Crippen molar-refractivity contribution in [2.24, 2.45) is 0 Å². The highest BCUT2D eigenvalue weighted by molar-refractivity contribution is 5.98. The maximum Gasteiger partial charge on any atom is 0.335 e. The number of benzene rings is 4. The molecule has 0 radical (unpaired) electrons. The summed E-state index contributed by atoms with van der Waals surface area (Å²) in [5, 5.41) is 48.5. The summed E-state index contributed by atoms with van der Waals surface area (Å²) < 4.78 is 0. The first kappa shape index (κ1) is 41.0. The van der Waals surface area contributed by atoms with Crippen LogP contribution in [-0.4, -0.2) is 46.3 Å². The molecule has 0 spiro atoms. The van der Waals surface area contributed by atoms with Crippen molar-refractivity contribution >= 4 is 33.5 Å². The predicted octanol–water partition coefficient (Wildman–Crippen LogP) is 7.65. The summed E-state index contributed by atoms with van der Waals surface area (Å²) in [6, 6.07) is 23.8. The maximum absolute atomic E-state index is 11.3. The molecular weight excluding hydrogens is 677 g/mol. The first-order valence-electron chi connectivity index (χ1n) is 20.8. The van der Waals surface area contributed by atoms with Gasteiger partial charge in [-0.3, -0.25) is 0 Å². The molecule has 0 amide bonds. The monoisotopic (exact) mass is 738 g/mol. The van der Waals surface area contributed by atoms with Gasteiger partial charge in [-0.25, -0.2) is 9.59 Å². The van der Waals surface area contributed by atoms with Crippen LogP contribution in [0.4, 0.5) is 0 Å². The van der Waals surface area contributed by atoms with E-state index >= 15 is 0 Å². The predicted molar refractivity (Wildman–Crippen MR) is 212 cm³/mol. The zero-order valence-corrected chi connectivity index (χ0v) is 32.1. The lowest BCUT2D eigenvalue weighted by atomic mass is 9.91. The smallest absolute Gasteiger partial charge is 0.335 e. The number of carbonyl (C=O) groups is 2. The Labute approximate surface area is 321 Å². The fourth-order valence-corrected chi connectivity index (χ4v) is 8.85. The Morgan fingerprint density at radius 2 is 0.667 bits per heavy atom. The summed E-state index contributed by atoms with van der Waals surface area (Å²) in [6.45, 7) is 0. The quantitative estimate of drug-likeness (QED) is 0.159. The highest BCUT2D eigenvalue weighted by atomic mass is 16.4. The van der Waals surface area contributed by atoms with Crippen LogP contribution in [0, 0.1) is 0 Å². The van der Waals surface area contributed by atoms with Crippen molar-refractivity contribution in [2.75, 3.05) is 0 Å². The molecule has 8 heteroatoms. The van der Waals surface area contributed by atoms with E-state index < -0.39 is 23.4 Å². The van der Waals surface area contributed by atoms with Crippen LogP contribution in [-0.2, 0) is 0 Å². The van der Waals surface area contributed by atoms with E-state index in [1.807, 2.05) is 12.1 Å². The maximum atomic E-state index is 11.3. The van der Waals surface area contributed by atoms with E-state index in [1.54, 1.807) is 36.4 Å². The zero-order valence-electron chi connectivity index (χ0n) is 32.1. The van der Waals surface area contributed by atoms with Crippen molar-refractivity contribution in [3.63, 3.8) is 0 Å². The van der Waals surface area contributed by atoms with E-state index in [0.717, 1.165) is 45.7 Å². The van der Waals surface area contributed by atoms with E-state index in [0.29, 0.717) is 0 Å². The van der Waals surface area contributed by atoms with Gasteiger partial charge in [0.1, 0.15) is 0 Å². The van der Waals surface area contributed by atoms with Gasteiger partial charge in [-0.1, -0.05) is 97.8 Å². The molecule has 0 unspecified atom stereocenters. The summed E-state index contributed by atoms with van der Waals surface area (Å²) in [4.78, 5) is 21.3. The largest absolute Gasteiger partial charge is 0.872 e. The highest BCUT2D eigenvalue weighted by Gasteiger charge is 2.24. The molecule has 0 saturated heterocycles. The third-order valence-electron chi connectivity index (χ3n) is 11.8. The molecule has 4 aliphatic rings. The minimum atomic E-state index is -1.18. The van der Waals surface area contributed by atoms with Crippen molar-refractivity contribution in [1.29, 1.82) is 0 Å². The number of hydrogen-bond acceptors (Lipinski definition) is 4. The minimum absolute atomic E-state index is 0.177. The van der Waals surface area contributed by atoms with Gasteiger partial charge >= 0.3 is 11.9 Å². The second-order valence-corrected chi connectivity index (χ2v) is 16.0. The van der Waals surface area contributed by atoms with Crippen LogP contribution in [0.5, 0.6) is 11.5 Å². The molecule has 4 fully saturated rings. The normalized spacial score (nSPS) is 18.7. The minimum Gasteiger partial charge on any atom is -0.872 e. The van der Waals surface area contributed by atoms with Crippen molar-refractivity contribution in [1.82, 2.24) is 0 Å². The average molecular weight is 739 g/mol. The number of rotatable bonds is 6. The van der Waals surface area contributed by atoms with Gasteiger partial charge in [0.25, 0.3) is 0 Å². The van der Waals surface area contributed by atoms with Crippen LogP contribution in [0.1, 0.15) is 149 Å². The molecule has 6 N–H and O–H groups in total. The lowest BCUT2D eigenvalue weighted by Gasteiger charge is -2.27. The van der Waals surface area contributed by atoms with Gasteiger partial charge in [-0.2, -0.15) is 0 Å². The van der Waals surface area contributed by atoms with Gasteiger partial charge in [0, 0.05) is 0 Å². The third kappa shape index (κ3) is 13.0. The summed E-state index contributed by atoms with van der Waals surface area (Å²) in [5.41, 5.74) is -0.354. The summed E-state index contributed by atoms with van der Waals surface area (Å²) >= 11 is 0. The van der Waals surface area contributed by atoms with Gasteiger partial charge < -0.3 is 31.1 Å². The number of carboxylic acid groups (broad SMARTS) is 2. The molecule has 0 atom stereocenters. The van der Waals surface area contributed by atoms with E-state index in [4.69, 9.17) is 10.2 Å². The van der Waals surface area contributed by atoms with E-state index in [2.05, 4.69) is 10.6 Å². The molecule has 0 bridgehead atoms. The van der Waals surface area contributed by atoms with Crippen molar-refractivity contribution in [2.45, 2.75) is 153 Å². The number of aromatic carboxylic acids is 2. The van der Waals surface area contributed by atoms with Crippen LogP contribution >= 0.6 is 0 Å². The standard InChI is InChI=1S/2C12H23N.2C11H8O3/c2*1-3-7-11(8-4-1)13-12-9-5-2-6-10-12;2*12-10-6-8-4-2-1-3-7(8)5-9(10)11(13)14/h2*11-13H,1-10H2;2*1-6,12H,(H,13,14). The van der Waals surface area contributed by atoms with Gasteiger partial charge in [0.15, 0.2) is 0 Å². The molecule has 54 heavy (non-hydrogen) atoms. The fraction of sp³-hybridized carbons (Fsp3) is 0.522.